The van der Waals surface area contributed by atoms with Crippen molar-refractivity contribution in [1.82, 2.24) is 14.5 Å². The number of unbranched alkanes of at least 4 members (excludes halogenated alkanes) is 2. The van der Waals surface area contributed by atoms with Crippen LogP contribution < -0.4 is 5.56 Å². The van der Waals surface area contributed by atoms with Crippen molar-refractivity contribution < 1.29 is 9.53 Å². The number of aromatic nitrogens is 2. The molecule has 1 unspecified atom stereocenters. The standard InChI is InChI=1S/C28H37N3O3/c1-4-6-12-19-30(26(32)18-17-22-13-8-7-9-14-22)25(5-2)27-29-24-16-11-10-15-23(24)28(33)31(27)20-21-34-3/h7-11,13-16,25H,4-6,12,17-21H2,1-3H3. The Hall–Kier alpha value is -2.99. The van der Waals surface area contributed by atoms with Crippen molar-refractivity contribution in [3.05, 3.63) is 76.3 Å². The van der Waals surface area contributed by atoms with Crippen LogP contribution in [0.4, 0.5) is 0 Å². The van der Waals surface area contributed by atoms with Crippen molar-refractivity contribution in [3.63, 3.8) is 0 Å². The molecule has 0 N–H and O–H groups in total. The number of rotatable bonds is 13. The smallest absolute Gasteiger partial charge is 0.261 e. The molecule has 0 aliphatic heterocycles. The average Bonchev–Trinajstić information content (AvgIpc) is 2.87. The molecule has 0 saturated carbocycles. The van der Waals surface area contributed by atoms with Gasteiger partial charge in [-0.15, -0.1) is 0 Å². The minimum absolute atomic E-state index is 0.0821. The quantitative estimate of drug-likeness (QED) is 0.329. The molecule has 0 fully saturated rings. The number of carbonyl (C=O) groups is 1. The first-order chi connectivity index (χ1) is 16.6. The third-order valence-electron chi connectivity index (χ3n) is 6.26. The van der Waals surface area contributed by atoms with Gasteiger partial charge >= 0.3 is 0 Å². The van der Waals surface area contributed by atoms with Gasteiger partial charge in [-0.05, 0) is 37.0 Å². The van der Waals surface area contributed by atoms with Crippen LogP contribution in [-0.2, 0) is 22.5 Å². The summed E-state index contributed by atoms with van der Waals surface area (Å²) in [6.07, 6.45) is 4.88. The molecule has 1 atom stereocenters. The molecular weight excluding hydrogens is 426 g/mol. The van der Waals surface area contributed by atoms with Crippen molar-refractivity contribution in [2.24, 2.45) is 0 Å². The summed E-state index contributed by atoms with van der Waals surface area (Å²) in [6, 6.07) is 17.3. The molecule has 0 saturated heterocycles. The normalized spacial score (nSPS) is 12.1. The van der Waals surface area contributed by atoms with Gasteiger partial charge in [0.25, 0.3) is 5.56 Å². The summed E-state index contributed by atoms with van der Waals surface area (Å²) in [6.45, 7) is 5.68. The second kappa shape index (κ2) is 13.0. The molecule has 0 aliphatic carbocycles. The van der Waals surface area contributed by atoms with E-state index in [1.807, 2.05) is 47.4 Å². The zero-order valence-corrected chi connectivity index (χ0v) is 20.7. The molecule has 6 heteroatoms. The van der Waals surface area contributed by atoms with Crippen LogP contribution in [-0.4, -0.2) is 40.6 Å². The Kier molecular flexibility index (Phi) is 9.83. The Morgan fingerprint density at radius 3 is 2.50 bits per heavy atom. The molecule has 34 heavy (non-hydrogen) atoms. The van der Waals surface area contributed by atoms with Crippen LogP contribution in [0, 0.1) is 0 Å². The van der Waals surface area contributed by atoms with Crippen molar-refractivity contribution in [2.75, 3.05) is 20.3 Å². The number of hydrogen-bond acceptors (Lipinski definition) is 4. The first-order valence-corrected chi connectivity index (χ1v) is 12.4. The lowest BCUT2D eigenvalue weighted by Gasteiger charge is -2.32. The van der Waals surface area contributed by atoms with Crippen LogP contribution in [0.1, 0.15) is 63.4 Å². The van der Waals surface area contributed by atoms with E-state index in [2.05, 4.69) is 26.0 Å². The maximum atomic E-state index is 13.5. The van der Waals surface area contributed by atoms with E-state index in [-0.39, 0.29) is 17.5 Å². The second-order valence-electron chi connectivity index (χ2n) is 8.64. The zero-order valence-electron chi connectivity index (χ0n) is 20.7. The van der Waals surface area contributed by atoms with Gasteiger partial charge in [-0.2, -0.15) is 0 Å². The Morgan fingerprint density at radius 2 is 1.79 bits per heavy atom. The predicted octanol–water partition coefficient (Wildman–Crippen LogP) is 5.15. The first kappa shape index (κ1) is 25.6. The average molecular weight is 464 g/mol. The molecule has 2 aromatic carbocycles. The van der Waals surface area contributed by atoms with Gasteiger partial charge in [0, 0.05) is 20.1 Å². The van der Waals surface area contributed by atoms with Gasteiger partial charge in [0.1, 0.15) is 5.82 Å². The van der Waals surface area contributed by atoms with E-state index < -0.39 is 0 Å². The molecule has 0 bridgehead atoms. The second-order valence-corrected chi connectivity index (χ2v) is 8.64. The van der Waals surface area contributed by atoms with Gasteiger partial charge in [-0.1, -0.05) is 69.2 Å². The van der Waals surface area contributed by atoms with Crippen LogP contribution in [0.5, 0.6) is 0 Å². The SMILES string of the molecule is CCCCCN(C(=O)CCc1ccccc1)C(CC)c1nc2ccccc2c(=O)n1CCOC. The highest BCUT2D eigenvalue weighted by Gasteiger charge is 2.28. The molecule has 0 aliphatic rings. The fourth-order valence-corrected chi connectivity index (χ4v) is 4.41. The number of carbonyl (C=O) groups excluding carboxylic acids is 1. The summed E-state index contributed by atoms with van der Waals surface area (Å²) in [5.74, 6) is 0.750. The summed E-state index contributed by atoms with van der Waals surface area (Å²) in [5, 5.41) is 0.588. The largest absolute Gasteiger partial charge is 0.383 e. The Bertz CT molecular complexity index is 1110. The number of para-hydroxylation sites is 1. The van der Waals surface area contributed by atoms with Gasteiger partial charge < -0.3 is 9.64 Å². The van der Waals surface area contributed by atoms with Crippen molar-refractivity contribution in [2.45, 2.75) is 65.0 Å². The van der Waals surface area contributed by atoms with E-state index in [1.165, 1.54) is 0 Å². The summed E-state index contributed by atoms with van der Waals surface area (Å²) in [5.41, 5.74) is 1.74. The van der Waals surface area contributed by atoms with Crippen LogP contribution in [0.25, 0.3) is 10.9 Å². The Labute approximate surface area is 202 Å². The topological polar surface area (TPSA) is 64.4 Å². The molecule has 1 amide bonds. The zero-order chi connectivity index (χ0) is 24.3. The highest BCUT2D eigenvalue weighted by atomic mass is 16.5. The van der Waals surface area contributed by atoms with Gasteiger partial charge in [-0.3, -0.25) is 14.2 Å². The summed E-state index contributed by atoms with van der Waals surface area (Å²) in [4.78, 5) is 33.8. The summed E-state index contributed by atoms with van der Waals surface area (Å²) >= 11 is 0. The molecular formula is C28H37N3O3. The van der Waals surface area contributed by atoms with E-state index in [9.17, 15) is 9.59 Å². The highest BCUT2D eigenvalue weighted by molar-refractivity contribution is 5.78. The Balaban J connectivity index is 1.99. The molecule has 3 rings (SSSR count). The van der Waals surface area contributed by atoms with E-state index >= 15 is 0 Å². The van der Waals surface area contributed by atoms with E-state index in [1.54, 1.807) is 11.7 Å². The number of aryl methyl sites for hydroxylation is 1. The van der Waals surface area contributed by atoms with E-state index in [0.717, 1.165) is 24.8 Å². The summed E-state index contributed by atoms with van der Waals surface area (Å²) in [7, 11) is 1.63. The minimum Gasteiger partial charge on any atom is -0.383 e. The van der Waals surface area contributed by atoms with Crippen LogP contribution in [0.15, 0.2) is 59.4 Å². The number of nitrogens with zero attached hydrogens (tertiary/aromatic N) is 3. The molecule has 0 radical (unpaired) electrons. The lowest BCUT2D eigenvalue weighted by molar-refractivity contribution is -0.134. The van der Waals surface area contributed by atoms with Crippen molar-refractivity contribution in [1.29, 1.82) is 0 Å². The third kappa shape index (κ3) is 6.32. The van der Waals surface area contributed by atoms with Crippen LogP contribution in [0.3, 0.4) is 0 Å². The predicted molar refractivity (Wildman–Crippen MR) is 137 cm³/mol. The maximum Gasteiger partial charge on any atom is 0.261 e. The molecule has 0 spiro atoms. The van der Waals surface area contributed by atoms with Crippen molar-refractivity contribution >= 4 is 16.8 Å². The first-order valence-electron chi connectivity index (χ1n) is 12.4. The maximum absolute atomic E-state index is 13.5. The van der Waals surface area contributed by atoms with Gasteiger partial charge in [0.15, 0.2) is 0 Å². The van der Waals surface area contributed by atoms with Gasteiger partial charge in [0.05, 0.1) is 30.1 Å². The van der Waals surface area contributed by atoms with E-state index in [4.69, 9.17) is 9.72 Å². The Morgan fingerprint density at radius 1 is 1.06 bits per heavy atom. The summed E-state index contributed by atoms with van der Waals surface area (Å²) < 4.78 is 6.99. The fourth-order valence-electron chi connectivity index (χ4n) is 4.41. The molecule has 6 nitrogen and oxygen atoms in total. The lowest BCUT2D eigenvalue weighted by Crippen LogP contribution is -2.40. The monoisotopic (exact) mass is 463 g/mol. The fraction of sp³-hybridized carbons (Fsp3) is 0.464. The van der Waals surface area contributed by atoms with Crippen LogP contribution >= 0.6 is 0 Å². The van der Waals surface area contributed by atoms with Crippen molar-refractivity contribution in [3.8, 4) is 0 Å². The molecule has 3 aromatic rings. The number of ether oxygens (including phenoxy) is 1. The lowest BCUT2D eigenvalue weighted by atomic mass is 10.1. The molecule has 1 aromatic heterocycles. The number of benzene rings is 2. The number of hydrogen-bond donors (Lipinski definition) is 0. The van der Waals surface area contributed by atoms with E-state index in [0.29, 0.717) is 55.7 Å². The third-order valence-corrected chi connectivity index (χ3v) is 6.26. The number of amides is 1. The molecule has 182 valence electrons. The van der Waals surface area contributed by atoms with Crippen LogP contribution in [0.2, 0.25) is 0 Å². The number of methoxy groups -OCH3 is 1. The highest BCUT2D eigenvalue weighted by Crippen LogP contribution is 2.26. The number of fused-ring (bicyclic) bond motifs is 1. The van der Waals surface area contributed by atoms with Gasteiger partial charge in [-0.25, -0.2) is 4.98 Å². The molecule has 1 heterocycles. The minimum atomic E-state index is -0.269. The van der Waals surface area contributed by atoms with Gasteiger partial charge in [0.2, 0.25) is 5.91 Å².